The van der Waals surface area contributed by atoms with Crippen LogP contribution < -0.4 is 0 Å². The first-order valence-corrected chi connectivity index (χ1v) is 9.45. The van der Waals surface area contributed by atoms with E-state index in [1.54, 1.807) is 0 Å². The van der Waals surface area contributed by atoms with Gasteiger partial charge in [-0.05, 0) is 41.5 Å². The second-order valence-electron chi connectivity index (χ2n) is 5.52. The standard InChI is InChI=1S/C18H39NO6/c1-7-20-16(4)23-13-10-19(11-14-24-17(5)21-8-2)12-15-25-18(6)22-9-3/h16-18H,7-15H2,1-6H3. The molecule has 0 rings (SSSR count). The van der Waals surface area contributed by atoms with Crippen LogP contribution in [-0.2, 0) is 28.4 Å². The van der Waals surface area contributed by atoms with E-state index in [9.17, 15) is 0 Å². The van der Waals surface area contributed by atoms with Crippen molar-refractivity contribution in [2.45, 2.75) is 60.4 Å². The van der Waals surface area contributed by atoms with Gasteiger partial charge in [0.15, 0.2) is 18.9 Å². The van der Waals surface area contributed by atoms with E-state index < -0.39 is 0 Å². The molecule has 0 radical (unpaired) electrons. The Morgan fingerprint density at radius 1 is 0.520 bits per heavy atom. The second kappa shape index (κ2) is 17.1. The van der Waals surface area contributed by atoms with E-state index in [-0.39, 0.29) is 18.9 Å². The molecule has 0 amide bonds. The summed E-state index contributed by atoms with van der Waals surface area (Å²) >= 11 is 0. The average molecular weight is 366 g/mol. The fourth-order valence-electron chi connectivity index (χ4n) is 2.23. The van der Waals surface area contributed by atoms with Crippen LogP contribution >= 0.6 is 0 Å². The molecule has 0 aliphatic carbocycles. The van der Waals surface area contributed by atoms with Crippen molar-refractivity contribution >= 4 is 0 Å². The van der Waals surface area contributed by atoms with Crippen LogP contribution in [0.3, 0.4) is 0 Å². The minimum atomic E-state index is -0.185. The van der Waals surface area contributed by atoms with E-state index in [1.807, 2.05) is 41.5 Å². The van der Waals surface area contributed by atoms with Gasteiger partial charge in [-0.3, -0.25) is 4.90 Å². The Labute approximate surface area is 153 Å². The normalized spacial score (nSPS) is 15.5. The van der Waals surface area contributed by atoms with Crippen LogP contribution in [-0.4, -0.2) is 83.0 Å². The van der Waals surface area contributed by atoms with Crippen molar-refractivity contribution in [3.63, 3.8) is 0 Å². The van der Waals surface area contributed by atoms with Gasteiger partial charge < -0.3 is 28.4 Å². The highest BCUT2D eigenvalue weighted by atomic mass is 16.7. The maximum absolute atomic E-state index is 5.65. The van der Waals surface area contributed by atoms with Crippen LogP contribution in [0.5, 0.6) is 0 Å². The average Bonchev–Trinajstić information content (AvgIpc) is 2.55. The first kappa shape index (κ1) is 24.7. The summed E-state index contributed by atoms with van der Waals surface area (Å²) in [6.07, 6.45) is -0.555. The summed E-state index contributed by atoms with van der Waals surface area (Å²) in [6.45, 7) is 17.7. The zero-order chi connectivity index (χ0) is 18.9. The van der Waals surface area contributed by atoms with Crippen LogP contribution in [0.2, 0.25) is 0 Å². The lowest BCUT2D eigenvalue weighted by atomic mass is 10.4. The summed E-state index contributed by atoms with van der Waals surface area (Å²) in [7, 11) is 0. The fraction of sp³-hybridized carbons (Fsp3) is 1.00. The molecule has 7 heteroatoms. The van der Waals surface area contributed by atoms with Crippen molar-refractivity contribution in [1.29, 1.82) is 0 Å². The lowest BCUT2D eigenvalue weighted by molar-refractivity contribution is -0.143. The van der Waals surface area contributed by atoms with Gasteiger partial charge in [-0.15, -0.1) is 0 Å². The highest BCUT2D eigenvalue weighted by molar-refractivity contribution is 4.58. The van der Waals surface area contributed by atoms with Gasteiger partial charge in [-0.25, -0.2) is 0 Å². The number of ether oxygens (including phenoxy) is 6. The van der Waals surface area contributed by atoms with Crippen LogP contribution in [0.15, 0.2) is 0 Å². The van der Waals surface area contributed by atoms with Crippen LogP contribution in [0.25, 0.3) is 0 Å². The van der Waals surface area contributed by atoms with E-state index in [4.69, 9.17) is 28.4 Å². The topological polar surface area (TPSA) is 58.6 Å². The van der Waals surface area contributed by atoms with Gasteiger partial charge in [0, 0.05) is 39.5 Å². The summed E-state index contributed by atoms with van der Waals surface area (Å²) in [4.78, 5) is 2.25. The van der Waals surface area contributed by atoms with Crippen LogP contribution in [0.4, 0.5) is 0 Å². The molecule has 0 aliphatic rings. The maximum Gasteiger partial charge on any atom is 0.154 e. The Morgan fingerprint density at radius 3 is 1.04 bits per heavy atom. The van der Waals surface area contributed by atoms with Crippen molar-refractivity contribution in [3.05, 3.63) is 0 Å². The highest BCUT2D eigenvalue weighted by Gasteiger charge is 2.10. The molecule has 3 atom stereocenters. The largest absolute Gasteiger partial charge is 0.353 e. The smallest absolute Gasteiger partial charge is 0.154 e. The number of rotatable bonds is 18. The summed E-state index contributed by atoms with van der Waals surface area (Å²) in [5.41, 5.74) is 0. The Bertz CT molecular complexity index is 239. The van der Waals surface area contributed by atoms with E-state index in [1.165, 1.54) is 0 Å². The summed E-state index contributed by atoms with van der Waals surface area (Å²) < 4.78 is 33.1. The summed E-state index contributed by atoms with van der Waals surface area (Å²) in [5.74, 6) is 0. The van der Waals surface area contributed by atoms with Crippen molar-refractivity contribution in [2.75, 3.05) is 59.3 Å². The zero-order valence-electron chi connectivity index (χ0n) is 17.0. The van der Waals surface area contributed by atoms with Crippen molar-refractivity contribution in [2.24, 2.45) is 0 Å². The molecule has 0 aliphatic heterocycles. The summed E-state index contributed by atoms with van der Waals surface area (Å²) in [6, 6.07) is 0. The molecular formula is C18H39NO6. The van der Waals surface area contributed by atoms with E-state index in [0.29, 0.717) is 39.6 Å². The number of hydrogen-bond donors (Lipinski definition) is 0. The minimum absolute atomic E-state index is 0.185. The highest BCUT2D eigenvalue weighted by Crippen LogP contribution is 1.99. The number of nitrogens with zero attached hydrogens (tertiary/aromatic N) is 1. The van der Waals surface area contributed by atoms with Crippen molar-refractivity contribution < 1.29 is 28.4 Å². The third-order valence-electron chi connectivity index (χ3n) is 3.48. The molecule has 7 nitrogen and oxygen atoms in total. The molecule has 0 N–H and O–H groups in total. The van der Waals surface area contributed by atoms with Crippen LogP contribution in [0, 0.1) is 0 Å². The molecule has 0 aromatic carbocycles. The molecule has 25 heavy (non-hydrogen) atoms. The van der Waals surface area contributed by atoms with Gasteiger partial charge in [0.2, 0.25) is 0 Å². The molecule has 0 aromatic heterocycles. The van der Waals surface area contributed by atoms with E-state index in [0.717, 1.165) is 19.6 Å². The van der Waals surface area contributed by atoms with Crippen molar-refractivity contribution in [1.82, 2.24) is 4.90 Å². The predicted octanol–water partition coefficient (Wildman–Crippen LogP) is 2.49. The molecule has 0 bridgehead atoms. The molecular weight excluding hydrogens is 326 g/mol. The third kappa shape index (κ3) is 15.7. The monoisotopic (exact) mass is 365 g/mol. The SMILES string of the molecule is CCOC(C)OCCN(CCOC(C)OCC)CCOC(C)OCC. The van der Waals surface area contributed by atoms with Gasteiger partial charge in [-0.1, -0.05) is 0 Å². The molecule has 3 unspecified atom stereocenters. The van der Waals surface area contributed by atoms with Gasteiger partial charge in [0.05, 0.1) is 19.8 Å². The van der Waals surface area contributed by atoms with Crippen LogP contribution in [0.1, 0.15) is 41.5 Å². The lowest BCUT2D eigenvalue weighted by Crippen LogP contribution is -2.36. The molecule has 0 spiro atoms. The Morgan fingerprint density at radius 2 is 0.800 bits per heavy atom. The molecule has 0 saturated carbocycles. The fourth-order valence-corrected chi connectivity index (χ4v) is 2.23. The molecule has 0 fully saturated rings. The number of hydrogen-bond acceptors (Lipinski definition) is 7. The molecule has 0 heterocycles. The van der Waals surface area contributed by atoms with Gasteiger partial charge in [0.1, 0.15) is 0 Å². The third-order valence-corrected chi connectivity index (χ3v) is 3.48. The lowest BCUT2D eigenvalue weighted by Gasteiger charge is -2.24. The maximum atomic E-state index is 5.65. The van der Waals surface area contributed by atoms with Gasteiger partial charge in [0.25, 0.3) is 0 Å². The van der Waals surface area contributed by atoms with Gasteiger partial charge >= 0.3 is 0 Å². The van der Waals surface area contributed by atoms with E-state index in [2.05, 4.69) is 4.90 Å². The molecule has 0 aromatic rings. The van der Waals surface area contributed by atoms with E-state index >= 15 is 0 Å². The second-order valence-corrected chi connectivity index (χ2v) is 5.52. The quantitative estimate of drug-likeness (QED) is 0.346. The molecule has 152 valence electrons. The Balaban J connectivity index is 4.11. The zero-order valence-corrected chi connectivity index (χ0v) is 17.0. The Hall–Kier alpha value is -0.280. The minimum Gasteiger partial charge on any atom is -0.353 e. The van der Waals surface area contributed by atoms with Crippen molar-refractivity contribution in [3.8, 4) is 0 Å². The van der Waals surface area contributed by atoms with Gasteiger partial charge in [-0.2, -0.15) is 0 Å². The first-order chi connectivity index (χ1) is 12.0. The first-order valence-electron chi connectivity index (χ1n) is 9.45. The predicted molar refractivity (Wildman–Crippen MR) is 97.6 cm³/mol. The molecule has 0 saturated heterocycles. The Kier molecular flexibility index (Phi) is 17.0. The summed E-state index contributed by atoms with van der Waals surface area (Å²) in [5, 5.41) is 0.